The first-order valence-electron chi connectivity index (χ1n) is 28.7. The highest BCUT2D eigenvalue weighted by molar-refractivity contribution is 6.13. The Morgan fingerprint density at radius 3 is 0.975 bits per heavy atom. The van der Waals surface area contributed by atoms with Gasteiger partial charge in [-0.2, -0.15) is 0 Å². The third kappa shape index (κ3) is 8.46. The Labute approximate surface area is 468 Å². The monoisotopic (exact) mass is 1030 g/mol. The molecule has 2 atom stereocenters. The second-order valence-electron chi connectivity index (χ2n) is 22.2. The van der Waals surface area contributed by atoms with Crippen molar-refractivity contribution in [3.8, 4) is 33.9 Å². The van der Waals surface area contributed by atoms with Crippen LogP contribution in [-0.4, -0.2) is 18.3 Å². The lowest BCUT2D eigenvalue weighted by Crippen LogP contribution is -2.04. The molecule has 0 aliphatic heterocycles. The molecule has 4 aromatic heterocycles. The predicted octanol–water partition coefficient (Wildman–Crippen LogP) is 20.6. The maximum absolute atomic E-state index is 2.45. The molecule has 80 heavy (non-hydrogen) atoms. The first kappa shape index (κ1) is 49.0. The van der Waals surface area contributed by atoms with Crippen LogP contribution in [0, 0.1) is 11.8 Å². The van der Waals surface area contributed by atoms with E-state index in [2.05, 4.69) is 301 Å². The van der Waals surface area contributed by atoms with E-state index in [1.165, 1.54) is 145 Å². The average molecular weight is 1030 g/mol. The van der Waals surface area contributed by atoms with Crippen LogP contribution in [0.15, 0.2) is 255 Å². The molecule has 0 amide bonds. The fourth-order valence-corrected chi connectivity index (χ4v) is 12.8. The van der Waals surface area contributed by atoms with E-state index >= 15 is 0 Å². The first-order chi connectivity index (χ1) is 39.4. The summed E-state index contributed by atoms with van der Waals surface area (Å²) in [4.78, 5) is 0. The van der Waals surface area contributed by atoms with Crippen LogP contribution in [0.4, 0.5) is 0 Å². The molecule has 4 heterocycles. The van der Waals surface area contributed by atoms with Crippen LogP contribution in [0.5, 0.6) is 0 Å². The number of rotatable bonds is 11. The zero-order valence-electron chi connectivity index (χ0n) is 46.0. The van der Waals surface area contributed by atoms with Gasteiger partial charge in [-0.25, -0.2) is 0 Å². The Morgan fingerprint density at radius 1 is 0.250 bits per heavy atom. The van der Waals surface area contributed by atoms with Crippen molar-refractivity contribution in [1.29, 1.82) is 0 Å². The van der Waals surface area contributed by atoms with Gasteiger partial charge in [0.1, 0.15) is 0 Å². The second kappa shape index (κ2) is 20.4. The van der Waals surface area contributed by atoms with Gasteiger partial charge >= 0.3 is 0 Å². The van der Waals surface area contributed by atoms with Crippen molar-refractivity contribution < 1.29 is 0 Å². The van der Waals surface area contributed by atoms with E-state index in [0.717, 1.165) is 12.8 Å². The topological polar surface area (TPSA) is 19.7 Å². The molecule has 0 N–H and O–H groups in total. The number of nitrogens with zero attached hydrogens (tertiary/aromatic N) is 4. The quantitative estimate of drug-likeness (QED) is 0.123. The van der Waals surface area contributed by atoms with Gasteiger partial charge in [-0.1, -0.05) is 198 Å². The standard InChI is InChI=1S/C41H34N2.C35H30N2/c1-3-28(2)24-29-12-10-14-32(25-29)42-40-21-9-6-18-36(40)37-27-31(22-23-41(37)42)30-13-11-15-33(26-30)43-38-19-7-4-16-34(38)35-17-5-8-20-39(35)43;1-3-24(2)20-25-21-26(36-32-16-8-4-12-28(32)29-13-5-9-17-33(29)36)23-27(22-25)37-34-18-10-6-14-30(34)31-15-7-11-19-35(31)37/h4-23,25-28H,3,24H2,1-2H3;4-19,21-24H,3,20H2,1-2H3. The van der Waals surface area contributed by atoms with E-state index in [4.69, 9.17) is 0 Å². The summed E-state index contributed by atoms with van der Waals surface area (Å²) in [7, 11) is 0. The van der Waals surface area contributed by atoms with Gasteiger partial charge in [0.15, 0.2) is 0 Å². The molecule has 388 valence electrons. The third-order valence-electron chi connectivity index (χ3n) is 17.1. The molecule has 15 aromatic rings. The van der Waals surface area contributed by atoms with Gasteiger partial charge in [0.25, 0.3) is 0 Å². The molecular formula is C76H64N4. The minimum absolute atomic E-state index is 0.624. The molecule has 0 spiro atoms. The number of hydrogen-bond acceptors (Lipinski definition) is 0. The lowest BCUT2D eigenvalue weighted by Gasteiger charge is -2.17. The summed E-state index contributed by atoms with van der Waals surface area (Å²) in [6.07, 6.45) is 4.53. The van der Waals surface area contributed by atoms with Crippen LogP contribution in [0.3, 0.4) is 0 Å². The van der Waals surface area contributed by atoms with Gasteiger partial charge in [0, 0.05) is 65.8 Å². The van der Waals surface area contributed by atoms with Crippen molar-refractivity contribution in [2.24, 2.45) is 11.8 Å². The lowest BCUT2D eigenvalue weighted by atomic mass is 9.98. The van der Waals surface area contributed by atoms with Gasteiger partial charge in [-0.3, -0.25) is 0 Å². The largest absolute Gasteiger partial charge is 0.309 e. The summed E-state index contributed by atoms with van der Waals surface area (Å²) < 4.78 is 9.72. The highest BCUT2D eigenvalue weighted by atomic mass is 15.0. The van der Waals surface area contributed by atoms with Crippen LogP contribution in [0.2, 0.25) is 0 Å². The van der Waals surface area contributed by atoms with Crippen molar-refractivity contribution in [2.75, 3.05) is 0 Å². The third-order valence-corrected chi connectivity index (χ3v) is 17.1. The minimum Gasteiger partial charge on any atom is -0.309 e. The second-order valence-corrected chi connectivity index (χ2v) is 22.2. The summed E-state index contributed by atoms with van der Waals surface area (Å²) in [5.41, 5.74) is 20.0. The highest BCUT2D eigenvalue weighted by Crippen LogP contribution is 2.40. The van der Waals surface area contributed by atoms with E-state index in [1.54, 1.807) is 0 Å². The average Bonchev–Trinajstić information content (AvgIpc) is 4.37. The van der Waals surface area contributed by atoms with E-state index in [0.29, 0.717) is 11.8 Å². The fourth-order valence-electron chi connectivity index (χ4n) is 12.8. The fraction of sp³-hybridized carbons (Fsp3) is 0.132. The molecule has 0 saturated carbocycles. The smallest absolute Gasteiger partial charge is 0.0541 e. The van der Waals surface area contributed by atoms with Gasteiger partial charge in [0.2, 0.25) is 0 Å². The number of para-hydroxylation sites is 7. The zero-order chi connectivity index (χ0) is 53.8. The van der Waals surface area contributed by atoms with E-state index in [9.17, 15) is 0 Å². The molecule has 0 fully saturated rings. The van der Waals surface area contributed by atoms with Crippen molar-refractivity contribution in [2.45, 2.75) is 53.4 Å². The van der Waals surface area contributed by atoms with E-state index < -0.39 is 0 Å². The van der Waals surface area contributed by atoms with Crippen molar-refractivity contribution in [3.05, 3.63) is 266 Å². The number of aromatic nitrogens is 4. The molecule has 0 bridgehead atoms. The van der Waals surface area contributed by atoms with Crippen molar-refractivity contribution in [1.82, 2.24) is 18.3 Å². The maximum atomic E-state index is 2.45. The SMILES string of the molecule is CCC(C)Cc1cc(-n2c3ccccc3c3ccccc32)cc(-n2c3ccccc3c3ccccc32)c1.CCC(C)Cc1cccc(-n2c3ccccc3c3cc(-c4cccc(-n5c6ccccc6c6ccccc65)c4)ccc32)c1. The summed E-state index contributed by atoms with van der Waals surface area (Å²) in [6, 6.07) is 93.5. The Balaban J connectivity index is 0.000000146. The van der Waals surface area contributed by atoms with Gasteiger partial charge in [-0.15, -0.1) is 0 Å². The lowest BCUT2D eigenvalue weighted by molar-refractivity contribution is 0.560. The van der Waals surface area contributed by atoms with Crippen LogP contribution in [0.1, 0.15) is 51.7 Å². The Kier molecular flexibility index (Phi) is 12.5. The van der Waals surface area contributed by atoms with Gasteiger partial charge in [-0.05, 0) is 144 Å². The highest BCUT2D eigenvalue weighted by Gasteiger charge is 2.19. The van der Waals surface area contributed by atoms with Crippen LogP contribution < -0.4 is 0 Å². The van der Waals surface area contributed by atoms with Gasteiger partial charge in [0.05, 0.1) is 44.1 Å². The number of hydrogen-bond donors (Lipinski definition) is 0. The molecule has 11 aromatic carbocycles. The van der Waals surface area contributed by atoms with Crippen LogP contribution >= 0.6 is 0 Å². The van der Waals surface area contributed by atoms with E-state index in [1.807, 2.05) is 0 Å². The molecule has 0 radical (unpaired) electrons. The number of benzene rings is 11. The summed E-state index contributed by atoms with van der Waals surface area (Å²) in [5, 5.41) is 10.3. The molecule has 2 unspecified atom stereocenters. The summed E-state index contributed by atoms with van der Waals surface area (Å²) in [5.74, 6) is 1.30. The molecule has 4 nitrogen and oxygen atoms in total. The Morgan fingerprint density at radius 2 is 0.562 bits per heavy atom. The number of fused-ring (bicyclic) bond motifs is 12. The maximum Gasteiger partial charge on any atom is 0.0541 e. The molecule has 0 aliphatic carbocycles. The Bertz CT molecular complexity index is 4510. The van der Waals surface area contributed by atoms with Crippen LogP contribution in [0.25, 0.3) is 121 Å². The Hall–Kier alpha value is -9.38. The van der Waals surface area contributed by atoms with Crippen molar-refractivity contribution in [3.63, 3.8) is 0 Å². The summed E-state index contributed by atoms with van der Waals surface area (Å²) in [6.45, 7) is 9.26. The molecule has 0 saturated heterocycles. The zero-order valence-corrected chi connectivity index (χ0v) is 46.0. The summed E-state index contributed by atoms with van der Waals surface area (Å²) >= 11 is 0. The predicted molar refractivity (Wildman–Crippen MR) is 342 cm³/mol. The van der Waals surface area contributed by atoms with Crippen molar-refractivity contribution >= 4 is 87.2 Å². The molecule has 4 heteroatoms. The molecule has 0 aliphatic rings. The molecule has 15 rings (SSSR count). The first-order valence-corrected chi connectivity index (χ1v) is 28.7. The van der Waals surface area contributed by atoms with Gasteiger partial charge < -0.3 is 18.3 Å². The van der Waals surface area contributed by atoms with E-state index in [-0.39, 0.29) is 0 Å². The minimum atomic E-state index is 0.624. The van der Waals surface area contributed by atoms with Crippen LogP contribution in [-0.2, 0) is 12.8 Å². The normalized spacial score (nSPS) is 12.6. The molecular weight excluding hydrogens is 969 g/mol.